The summed E-state index contributed by atoms with van der Waals surface area (Å²) in [6, 6.07) is 4.55. The molecular weight excluding hydrogens is 372 g/mol. The lowest BCUT2D eigenvalue weighted by molar-refractivity contribution is -0.130. The number of hydrogen-bond acceptors (Lipinski definition) is 5. The van der Waals surface area contributed by atoms with Gasteiger partial charge in [-0.3, -0.25) is 14.4 Å². The van der Waals surface area contributed by atoms with Crippen LogP contribution in [-0.2, 0) is 14.4 Å². The summed E-state index contributed by atoms with van der Waals surface area (Å²) in [6.45, 7) is 5.19. The largest absolute Gasteiger partial charge is 0.482 e. The first-order valence-electron chi connectivity index (χ1n) is 8.38. The van der Waals surface area contributed by atoms with Crippen LogP contribution >= 0.6 is 12.4 Å². The quantitative estimate of drug-likeness (QED) is 0.600. The number of hydrogen-bond donors (Lipinski definition) is 3. The van der Waals surface area contributed by atoms with Gasteiger partial charge in [0.25, 0.3) is 5.91 Å². The van der Waals surface area contributed by atoms with Gasteiger partial charge in [0, 0.05) is 14.1 Å². The number of halogens is 1. The molecule has 1 aromatic carbocycles. The zero-order valence-corrected chi connectivity index (χ0v) is 17.2. The Morgan fingerprint density at radius 3 is 2.41 bits per heavy atom. The van der Waals surface area contributed by atoms with Gasteiger partial charge in [-0.25, -0.2) is 0 Å². The molecule has 0 aliphatic heterocycles. The Morgan fingerprint density at radius 1 is 1.22 bits per heavy atom. The van der Waals surface area contributed by atoms with E-state index in [2.05, 4.69) is 10.6 Å². The van der Waals surface area contributed by atoms with Crippen LogP contribution in [0.3, 0.4) is 0 Å². The highest BCUT2D eigenvalue weighted by Crippen LogP contribution is 2.25. The van der Waals surface area contributed by atoms with Crippen LogP contribution in [0.25, 0.3) is 0 Å². The number of ether oxygens (including phenoxy) is 1. The summed E-state index contributed by atoms with van der Waals surface area (Å²) in [4.78, 5) is 37.0. The van der Waals surface area contributed by atoms with E-state index in [1.165, 1.54) is 4.90 Å². The second-order valence-electron chi connectivity index (χ2n) is 6.61. The zero-order chi connectivity index (χ0) is 19.9. The first kappa shape index (κ1) is 24.7. The maximum absolute atomic E-state index is 12.1. The number of carbonyl (C=O) groups excluding carboxylic acids is 3. The minimum atomic E-state index is -0.668. The van der Waals surface area contributed by atoms with Crippen LogP contribution in [0.4, 0.5) is 5.69 Å². The molecule has 0 fully saturated rings. The average Bonchev–Trinajstić information content (AvgIpc) is 2.58. The molecule has 3 amide bonds. The lowest BCUT2D eigenvalue weighted by Crippen LogP contribution is -2.46. The third kappa shape index (κ3) is 8.27. The first-order valence-corrected chi connectivity index (χ1v) is 8.38. The highest BCUT2D eigenvalue weighted by Gasteiger charge is 2.18. The number of nitrogens with zero attached hydrogens (tertiary/aromatic N) is 1. The Bertz CT molecular complexity index is 665. The topological polar surface area (TPSA) is 114 Å². The van der Waals surface area contributed by atoms with Gasteiger partial charge in [0.15, 0.2) is 6.61 Å². The number of nitrogens with one attached hydrogen (secondary N) is 2. The molecule has 0 aromatic heterocycles. The van der Waals surface area contributed by atoms with E-state index in [1.54, 1.807) is 26.2 Å². The number of nitrogens with two attached hydrogens (primary N) is 1. The molecule has 1 rings (SSSR count). The molecular formula is C18H29ClN4O4. The minimum absolute atomic E-state index is 0. The molecule has 0 saturated carbocycles. The molecule has 0 bridgehead atoms. The summed E-state index contributed by atoms with van der Waals surface area (Å²) in [5.74, 6) is -0.629. The van der Waals surface area contributed by atoms with Crippen LogP contribution in [0.2, 0.25) is 0 Å². The van der Waals surface area contributed by atoms with Crippen LogP contribution < -0.4 is 21.1 Å². The third-order valence-corrected chi connectivity index (χ3v) is 3.71. The molecule has 0 aliphatic rings. The van der Waals surface area contributed by atoms with Crippen LogP contribution in [-0.4, -0.2) is 55.9 Å². The third-order valence-electron chi connectivity index (χ3n) is 3.71. The fourth-order valence-corrected chi connectivity index (χ4v) is 1.90. The van der Waals surface area contributed by atoms with Crippen molar-refractivity contribution < 1.29 is 19.1 Å². The molecule has 1 atom stereocenters. The van der Waals surface area contributed by atoms with Gasteiger partial charge in [-0.1, -0.05) is 19.9 Å². The van der Waals surface area contributed by atoms with E-state index < -0.39 is 11.9 Å². The molecule has 0 radical (unpaired) electrons. The summed E-state index contributed by atoms with van der Waals surface area (Å²) in [6.07, 6.45) is 0. The van der Waals surface area contributed by atoms with Gasteiger partial charge >= 0.3 is 0 Å². The van der Waals surface area contributed by atoms with Crippen molar-refractivity contribution in [2.24, 2.45) is 11.7 Å². The van der Waals surface area contributed by atoms with E-state index in [0.717, 1.165) is 5.56 Å². The van der Waals surface area contributed by atoms with E-state index >= 15 is 0 Å². The van der Waals surface area contributed by atoms with E-state index in [0.29, 0.717) is 11.4 Å². The van der Waals surface area contributed by atoms with Crippen LogP contribution in [0.15, 0.2) is 18.2 Å². The van der Waals surface area contributed by atoms with E-state index in [-0.39, 0.29) is 43.3 Å². The molecule has 4 N–H and O–H groups in total. The summed E-state index contributed by atoms with van der Waals surface area (Å²) in [7, 11) is 3.27. The number of rotatable bonds is 8. The smallest absolute Gasteiger partial charge is 0.259 e. The number of aryl methyl sites for hydroxylation is 1. The highest BCUT2D eigenvalue weighted by atomic mass is 35.5. The normalized spacial score (nSPS) is 11.2. The molecule has 0 unspecified atom stereocenters. The number of benzene rings is 1. The van der Waals surface area contributed by atoms with Crippen molar-refractivity contribution in [3.8, 4) is 5.75 Å². The number of carbonyl (C=O) groups is 3. The molecule has 0 aliphatic carbocycles. The average molecular weight is 401 g/mol. The highest BCUT2D eigenvalue weighted by molar-refractivity contribution is 5.96. The Labute approximate surface area is 166 Å². The fraction of sp³-hybridized carbons (Fsp3) is 0.500. The van der Waals surface area contributed by atoms with Crippen LogP contribution in [0.5, 0.6) is 5.75 Å². The van der Waals surface area contributed by atoms with E-state index in [4.69, 9.17) is 10.5 Å². The van der Waals surface area contributed by atoms with Gasteiger partial charge in [-0.2, -0.15) is 0 Å². The molecule has 0 saturated heterocycles. The van der Waals surface area contributed by atoms with Crippen molar-refractivity contribution >= 4 is 35.8 Å². The van der Waals surface area contributed by atoms with E-state index in [1.807, 2.05) is 26.8 Å². The van der Waals surface area contributed by atoms with Crippen molar-refractivity contribution in [3.05, 3.63) is 23.8 Å². The summed E-state index contributed by atoms with van der Waals surface area (Å²) in [5, 5.41) is 5.17. The number of anilines is 1. The van der Waals surface area contributed by atoms with Crippen molar-refractivity contribution in [1.82, 2.24) is 10.2 Å². The molecule has 27 heavy (non-hydrogen) atoms. The van der Waals surface area contributed by atoms with Gasteiger partial charge in [-0.05, 0) is 30.5 Å². The number of likely N-dealkylation sites (N-methyl/N-ethyl adjacent to an activating group) is 1. The van der Waals surface area contributed by atoms with E-state index in [9.17, 15) is 14.4 Å². The minimum Gasteiger partial charge on any atom is -0.482 e. The Hall–Kier alpha value is -2.32. The molecule has 152 valence electrons. The molecule has 0 heterocycles. The Kier molecular flexibility index (Phi) is 10.4. The maximum Gasteiger partial charge on any atom is 0.259 e. The van der Waals surface area contributed by atoms with Crippen molar-refractivity contribution in [2.45, 2.75) is 26.8 Å². The second-order valence-corrected chi connectivity index (χ2v) is 6.61. The molecule has 1 aromatic rings. The van der Waals surface area contributed by atoms with Gasteiger partial charge in [0.1, 0.15) is 5.75 Å². The zero-order valence-electron chi connectivity index (χ0n) is 16.4. The predicted molar refractivity (Wildman–Crippen MR) is 107 cm³/mol. The predicted octanol–water partition coefficient (Wildman–Crippen LogP) is 0.922. The van der Waals surface area contributed by atoms with Gasteiger partial charge < -0.3 is 26.0 Å². The Morgan fingerprint density at radius 2 is 1.85 bits per heavy atom. The monoisotopic (exact) mass is 400 g/mol. The summed E-state index contributed by atoms with van der Waals surface area (Å²) in [5.41, 5.74) is 7.08. The lowest BCUT2D eigenvalue weighted by Gasteiger charge is -2.17. The summed E-state index contributed by atoms with van der Waals surface area (Å²) >= 11 is 0. The van der Waals surface area contributed by atoms with Crippen LogP contribution in [0, 0.1) is 12.8 Å². The standard InChI is InChI=1S/C18H28N4O4.ClH/c1-11(2)17(19)18(25)20-9-15(23)21-13-7-6-12(3)8-14(13)26-10-16(24)22(4)5;/h6-8,11,17H,9-10,19H2,1-5H3,(H,20,25)(H,21,23);1H/t17-;/m0./s1. The van der Waals surface area contributed by atoms with Gasteiger partial charge in [0.05, 0.1) is 18.3 Å². The SMILES string of the molecule is Cc1ccc(NC(=O)CNC(=O)[C@@H](N)C(C)C)c(OCC(=O)N(C)C)c1.Cl. The van der Waals surface area contributed by atoms with Crippen molar-refractivity contribution in [1.29, 1.82) is 0 Å². The number of amides is 3. The van der Waals surface area contributed by atoms with Crippen LogP contribution in [0.1, 0.15) is 19.4 Å². The van der Waals surface area contributed by atoms with Crippen molar-refractivity contribution in [3.63, 3.8) is 0 Å². The maximum atomic E-state index is 12.1. The second kappa shape index (κ2) is 11.4. The first-order chi connectivity index (χ1) is 12.1. The molecule has 8 nitrogen and oxygen atoms in total. The fourth-order valence-electron chi connectivity index (χ4n) is 1.90. The lowest BCUT2D eigenvalue weighted by atomic mass is 10.1. The van der Waals surface area contributed by atoms with Crippen molar-refractivity contribution in [2.75, 3.05) is 32.6 Å². The van der Waals surface area contributed by atoms with Gasteiger partial charge in [-0.15, -0.1) is 12.4 Å². The molecule has 9 heteroatoms. The van der Waals surface area contributed by atoms with Gasteiger partial charge in [0.2, 0.25) is 11.8 Å². The Balaban J connectivity index is 0.00000676. The molecule has 0 spiro atoms. The summed E-state index contributed by atoms with van der Waals surface area (Å²) < 4.78 is 5.52.